The number of unbranched alkanes of at least 4 members (excludes halogenated alkanes) is 1. The van der Waals surface area contributed by atoms with Crippen LogP contribution in [-0.2, 0) is 105 Å². The highest BCUT2D eigenvalue weighted by Crippen LogP contribution is 2.39. The molecule has 1 saturated carbocycles. The Hall–Kier alpha value is -8.20. The maximum Gasteiger partial charge on any atom is 0.329 e. The van der Waals surface area contributed by atoms with E-state index in [1.807, 2.05) is 72.1 Å². The summed E-state index contributed by atoms with van der Waals surface area (Å²) in [6.45, 7) is 18.4. The fraction of sp³-hybridized carbons (Fsp3) is 0.682. The quantitative estimate of drug-likeness (QED) is 0.0111. The lowest BCUT2D eigenvalue weighted by atomic mass is 9.80. The number of nitrogen functional groups attached to an aromatic ring is 2. The maximum atomic E-state index is 14.7. The fourth-order valence-corrected chi connectivity index (χ4v) is 16.9. The molecule has 1 aromatic carbocycles. The van der Waals surface area contributed by atoms with Crippen molar-refractivity contribution in [2.75, 3.05) is 138 Å². The normalized spacial score (nSPS) is 28.4. The number of aromatic nitrogens is 8. The third kappa shape index (κ3) is 27.4. The predicted octanol–water partition coefficient (Wildman–Crippen LogP) is 7.66. The molecule has 9 unspecified atom stereocenters. The summed E-state index contributed by atoms with van der Waals surface area (Å²) in [6.07, 6.45) is 17.4. The van der Waals surface area contributed by atoms with Gasteiger partial charge in [-0.15, -0.1) is 5.10 Å². The number of hydrogen-bond donors (Lipinski definition) is 5. The van der Waals surface area contributed by atoms with E-state index in [1.54, 1.807) is 58.7 Å². The highest BCUT2D eigenvalue weighted by Gasteiger charge is 2.53. The van der Waals surface area contributed by atoms with E-state index in [9.17, 15) is 39.0 Å². The molecule has 4 fully saturated rings. The number of amides is 2. The van der Waals surface area contributed by atoms with Crippen LogP contribution in [0.4, 0.5) is 11.8 Å². The van der Waals surface area contributed by atoms with Gasteiger partial charge in [-0.2, -0.15) is 10.1 Å². The minimum absolute atomic E-state index is 0.0148. The number of aliphatic hydroxyl groups is 2. The Labute approximate surface area is 714 Å². The van der Waals surface area contributed by atoms with Gasteiger partial charge >= 0.3 is 5.97 Å². The van der Waals surface area contributed by atoms with Crippen molar-refractivity contribution < 1.29 is 100 Å². The van der Waals surface area contributed by atoms with Gasteiger partial charge in [-0.25, -0.2) is 24.1 Å². The number of aliphatic hydroxyl groups excluding tert-OH is 1. The largest absolute Gasteiger partial charge is 0.459 e. The molecule has 1 aliphatic carbocycles. The fourth-order valence-electron chi connectivity index (χ4n) is 16.9. The van der Waals surface area contributed by atoms with Crippen molar-refractivity contribution in [2.45, 2.75) is 224 Å². The number of oxazole rings is 1. The molecule has 122 heavy (non-hydrogen) atoms. The number of cyclic esters (lactones) is 1. The predicted molar refractivity (Wildman–Crippen MR) is 452 cm³/mol. The Morgan fingerprint density at radius 3 is 2.18 bits per heavy atom. The lowest BCUT2D eigenvalue weighted by molar-refractivity contribution is -0.265. The first-order valence-corrected chi connectivity index (χ1v) is 43.5. The van der Waals surface area contributed by atoms with Crippen molar-refractivity contribution in [3.05, 3.63) is 84.0 Å². The van der Waals surface area contributed by atoms with Gasteiger partial charge in [0.2, 0.25) is 11.7 Å². The zero-order chi connectivity index (χ0) is 87.2. The molecule has 4 aromatic heterocycles. The molecule has 2 amide bonds. The number of ether oxygens (including phenoxy) is 12. The molecule has 0 spiro atoms. The van der Waals surface area contributed by atoms with Crippen LogP contribution >= 0.6 is 0 Å². The summed E-state index contributed by atoms with van der Waals surface area (Å²) in [6, 6.07) is 3.50. The Morgan fingerprint density at radius 1 is 0.746 bits per heavy atom. The van der Waals surface area contributed by atoms with E-state index in [0.29, 0.717) is 215 Å². The second-order valence-electron chi connectivity index (χ2n) is 33.2. The minimum atomic E-state index is -2.48. The number of aryl methyl sites for hydroxylation is 1. The number of nitrogens with two attached hydrogens (primary N) is 3. The van der Waals surface area contributed by atoms with Crippen molar-refractivity contribution in [3.63, 3.8) is 0 Å². The summed E-state index contributed by atoms with van der Waals surface area (Å²) in [5, 5.41) is 38.0. The van der Waals surface area contributed by atoms with Crippen molar-refractivity contribution in [1.82, 2.24) is 49.5 Å². The average Bonchev–Trinajstić information content (AvgIpc) is 1.59. The molecule has 34 nitrogen and oxygen atoms in total. The van der Waals surface area contributed by atoms with Gasteiger partial charge in [0, 0.05) is 103 Å². The zero-order valence-electron chi connectivity index (χ0n) is 72.6. The summed E-state index contributed by atoms with van der Waals surface area (Å²) in [5.74, 6) is -7.75. The number of esters is 1. The van der Waals surface area contributed by atoms with Crippen LogP contribution in [0.2, 0.25) is 0 Å². The molecular weight excluding hydrogens is 1580 g/mol. The highest BCUT2D eigenvalue weighted by atomic mass is 16.6. The number of methoxy groups -OCH3 is 3. The molecular formula is C88H131N13O21. The first-order valence-electron chi connectivity index (χ1n) is 43.5. The summed E-state index contributed by atoms with van der Waals surface area (Å²) in [7, 11) is 4.59. The monoisotopic (exact) mass is 1710 g/mol. The number of ketones is 3. The maximum absolute atomic E-state index is 14.7. The van der Waals surface area contributed by atoms with Gasteiger partial charge in [0.15, 0.2) is 17.0 Å². The molecule has 674 valence electrons. The number of likely N-dealkylation sites (tertiary alicyclic amines) is 1. The number of nitrogens with zero attached hydrogens (tertiary/aromatic N) is 10. The Bertz CT molecular complexity index is 4300. The SMILES string of the molecule is COC1C[C@@H]2CC[C@@H](C)[C@@](O)(O2)C(=O)C(=O)N2CCCCC2C(=O)O[C@H]([C@H](N)CC2CCC(OCCCCc3cn(CCOCCOCCOCCOCCOCCOCCC(=O)N4CCC(Cn5nc(-c6ccc7oc(N)nc7c6)c6c(N)ncnc65)C4)nn3)[C@H](OC)C2)CC(=O)C(C)/C=C(\C)C(O)[C@@H](OC)C(=O)C(C)CC(C)/C=C/C=C/C=C/1C. The summed E-state index contributed by atoms with van der Waals surface area (Å²) in [5.41, 5.74) is 24.5. The van der Waals surface area contributed by atoms with Crippen LogP contribution in [0.3, 0.4) is 0 Å². The molecule has 2 bridgehead atoms. The van der Waals surface area contributed by atoms with E-state index in [1.165, 1.54) is 13.4 Å². The number of piperidine rings is 1. The van der Waals surface area contributed by atoms with Gasteiger partial charge in [0.1, 0.15) is 53.5 Å². The van der Waals surface area contributed by atoms with Crippen LogP contribution < -0.4 is 17.2 Å². The second kappa shape index (κ2) is 48.3. The number of carbonyl (C=O) groups is 6. The van der Waals surface area contributed by atoms with E-state index in [0.717, 1.165) is 41.0 Å². The van der Waals surface area contributed by atoms with Crippen LogP contribution in [-0.4, -0.2) is 282 Å². The number of allylic oxidation sites excluding steroid dienone is 6. The van der Waals surface area contributed by atoms with Gasteiger partial charge in [-0.1, -0.05) is 69.4 Å². The van der Waals surface area contributed by atoms with Crippen LogP contribution in [0.5, 0.6) is 0 Å². The molecule has 10 rings (SSSR count). The van der Waals surface area contributed by atoms with Gasteiger partial charge < -0.3 is 98.5 Å². The first kappa shape index (κ1) is 96.0. The van der Waals surface area contributed by atoms with E-state index in [2.05, 4.69) is 25.3 Å². The second-order valence-corrected chi connectivity index (χ2v) is 33.2. The van der Waals surface area contributed by atoms with E-state index < -0.39 is 83.8 Å². The molecule has 3 saturated heterocycles. The van der Waals surface area contributed by atoms with Gasteiger partial charge in [-0.3, -0.25) is 24.0 Å². The molecule has 5 aliphatic rings. The van der Waals surface area contributed by atoms with E-state index in [4.69, 9.17) is 83.6 Å². The highest BCUT2D eigenvalue weighted by molar-refractivity contribution is 6.39. The van der Waals surface area contributed by atoms with Crippen molar-refractivity contribution in [3.8, 4) is 11.3 Å². The van der Waals surface area contributed by atoms with Crippen molar-refractivity contribution in [1.29, 1.82) is 0 Å². The molecule has 16 atom stereocenters. The third-order valence-electron chi connectivity index (χ3n) is 24.0. The number of carbonyl (C=O) groups excluding carboxylic acids is 6. The molecule has 8 N–H and O–H groups in total. The lowest BCUT2D eigenvalue weighted by Gasteiger charge is -2.42. The number of benzene rings is 1. The summed E-state index contributed by atoms with van der Waals surface area (Å²) >= 11 is 0. The Balaban J connectivity index is 0.579. The van der Waals surface area contributed by atoms with Crippen molar-refractivity contribution >= 4 is 69.1 Å². The third-order valence-corrected chi connectivity index (χ3v) is 24.0. The van der Waals surface area contributed by atoms with E-state index in [-0.39, 0.29) is 85.7 Å². The van der Waals surface area contributed by atoms with Gasteiger partial charge in [0.25, 0.3) is 17.7 Å². The summed E-state index contributed by atoms with van der Waals surface area (Å²) in [4.78, 5) is 101. The van der Waals surface area contributed by atoms with Crippen LogP contribution in [0.25, 0.3) is 33.4 Å². The number of hydrogen-bond acceptors (Lipinski definition) is 30. The standard InChI is InChI=1S/C88H131N13O21/c1-56-17-11-10-12-18-57(2)73(110-7)50-66-24-21-61(6)88(109,122-66)82(106)85(107)100-29-15-13-20-69(100)86(108)120-74(51-70(102)58(3)46-60(5)80(105)81(112-9)79(104)59(4)45-56)67(89)47-62-22-25-72(75(48-62)111-8)119-32-16-14-19-65-54-99(97-95-65)31-34-114-36-38-116-40-42-118-44-43-117-41-39-115-37-35-113-33-28-76(103)98-30-27-63(52-98)53-101-84-77(83(90)92-55-93-84)78(96-101)64-23-26-71-68(49-64)94-87(91)121-71/h10-12,17-18,23,26,46,49,54-56,58-59,61-63,66-67,69,72-75,80-81,105,109H,13-16,19-22,24-25,27-45,47-48,50-53,89H2,1-9H3,(H2,91,94)(H2,90,92,93)/b12-10+,17-11+,57-18+,60-46+/t56?,58?,59?,61-,62?,63?,66+,67-,69?,72?,73?,74+,75-,80?,81+,88-/m1/s1. The summed E-state index contributed by atoms with van der Waals surface area (Å²) < 4.78 is 79.7. The van der Waals surface area contributed by atoms with Crippen LogP contribution in [0, 0.1) is 35.5 Å². The van der Waals surface area contributed by atoms with Gasteiger partial charge in [0.05, 0.1) is 128 Å². The molecule has 0 radical (unpaired) electrons. The number of Topliss-reactive ketones (excluding diaryl/α,β-unsaturated/α-hetero) is 3. The zero-order valence-corrected chi connectivity index (χ0v) is 72.6. The molecule has 34 heteroatoms. The number of rotatable bonds is 36. The van der Waals surface area contributed by atoms with Crippen molar-refractivity contribution in [2.24, 2.45) is 41.2 Å². The molecule has 4 aliphatic heterocycles. The van der Waals surface area contributed by atoms with Gasteiger partial charge in [-0.05, 0) is 151 Å². The average molecular weight is 1710 g/mol. The number of anilines is 2. The Morgan fingerprint density at radius 2 is 1.47 bits per heavy atom. The van der Waals surface area contributed by atoms with E-state index >= 15 is 0 Å². The van der Waals surface area contributed by atoms with Crippen LogP contribution in [0.15, 0.2) is 82.7 Å². The number of fused-ring (bicyclic) bond motifs is 5. The minimum Gasteiger partial charge on any atom is -0.459 e. The first-order chi connectivity index (χ1) is 58.9. The molecule has 8 heterocycles. The Kier molecular flexibility index (Phi) is 38.0. The smallest absolute Gasteiger partial charge is 0.329 e. The lowest BCUT2D eigenvalue weighted by Crippen LogP contribution is -2.61. The molecule has 5 aromatic rings. The topological polar surface area (TPSA) is 439 Å². The van der Waals surface area contributed by atoms with Crippen LogP contribution in [0.1, 0.15) is 150 Å².